The van der Waals surface area contributed by atoms with Crippen LogP contribution in [0.15, 0.2) is 42.5 Å². The van der Waals surface area contributed by atoms with E-state index in [-0.39, 0.29) is 23.9 Å². The third-order valence-electron chi connectivity index (χ3n) is 4.93. The normalized spacial score (nSPS) is 24.9. The van der Waals surface area contributed by atoms with E-state index in [1.807, 2.05) is 31.2 Å². The number of benzene rings is 1. The quantitative estimate of drug-likeness (QED) is 0.433. The Kier molecular flexibility index (Phi) is 5.87. The Morgan fingerprint density at radius 3 is 2.68 bits per heavy atom. The maximum Gasteiger partial charge on any atom is 0.338 e. The Morgan fingerprint density at radius 2 is 1.92 bits per heavy atom. The minimum atomic E-state index is -0.286. The second-order valence-corrected chi connectivity index (χ2v) is 6.47. The maximum atomic E-state index is 12.1. The first-order valence-electron chi connectivity index (χ1n) is 9.03. The Labute approximate surface area is 148 Å². The van der Waals surface area contributed by atoms with Crippen LogP contribution < -0.4 is 0 Å². The van der Waals surface area contributed by atoms with E-state index in [9.17, 15) is 9.59 Å². The van der Waals surface area contributed by atoms with Crippen molar-refractivity contribution in [3.8, 4) is 0 Å². The summed E-state index contributed by atoms with van der Waals surface area (Å²) in [5.74, 6) is -0.596. The molecule has 1 saturated heterocycles. The van der Waals surface area contributed by atoms with Gasteiger partial charge in [-0.2, -0.15) is 0 Å². The molecule has 3 rings (SSSR count). The van der Waals surface area contributed by atoms with Gasteiger partial charge in [0.1, 0.15) is 0 Å². The highest BCUT2D eigenvalue weighted by molar-refractivity contribution is 5.89. The Bertz CT molecular complexity index is 628. The Balaban J connectivity index is 1.48. The molecule has 1 aromatic carbocycles. The second-order valence-electron chi connectivity index (χ2n) is 6.47. The lowest BCUT2D eigenvalue weighted by Crippen LogP contribution is -2.45. The average Bonchev–Trinajstić information content (AvgIpc) is 2.89. The number of hydrogen-bond acceptors (Lipinski definition) is 5. The molecule has 0 aliphatic carbocycles. The van der Waals surface area contributed by atoms with Crippen molar-refractivity contribution in [1.29, 1.82) is 0 Å². The molecule has 5 heteroatoms. The fraction of sp³-hybridized carbons (Fsp3) is 0.500. The van der Waals surface area contributed by atoms with Crippen molar-refractivity contribution in [3.05, 3.63) is 48.0 Å². The molecule has 2 bridgehead atoms. The van der Waals surface area contributed by atoms with Gasteiger partial charge in [0.25, 0.3) is 0 Å². The molecule has 2 aliphatic rings. The lowest BCUT2D eigenvalue weighted by atomic mass is 9.95. The van der Waals surface area contributed by atoms with E-state index in [0.717, 1.165) is 25.8 Å². The van der Waals surface area contributed by atoms with Crippen LogP contribution in [0.4, 0.5) is 0 Å². The van der Waals surface area contributed by atoms with Crippen LogP contribution in [0.2, 0.25) is 0 Å². The molecule has 1 aromatic rings. The molecule has 0 saturated carbocycles. The van der Waals surface area contributed by atoms with E-state index in [4.69, 9.17) is 9.47 Å². The van der Waals surface area contributed by atoms with Crippen molar-refractivity contribution in [2.24, 2.45) is 5.92 Å². The Hall–Kier alpha value is -2.14. The van der Waals surface area contributed by atoms with Crippen LogP contribution in [0.1, 0.15) is 36.5 Å². The number of hydrogen-bond donors (Lipinski definition) is 0. The van der Waals surface area contributed by atoms with Gasteiger partial charge in [-0.25, -0.2) is 4.79 Å². The molecule has 0 amide bonds. The van der Waals surface area contributed by atoms with Gasteiger partial charge in [-0.05, 0) is 38.3 Å². The fourth-order valence-electron chi connectivity index (χ4n) is 3.76. The molecule has 3 atom stereocenters. The van der Waals surface area contributed by atoms with Gasteiger partial charge in [-0.3, -0.25) is 9.69 Å². The summed E-state index contributed by atoms with van der Waals surface area (Å²) in [6.45, 7) is 3.45. The predicted octanol–water partition coefficient (Wildman–Crippen LogP) is 2.82. The van der Waals surface area contributed by atoms with E-state index in [2.05, 4.69) is 11.0 Å². The molecule has 134 valence electrons. The van der Waals surface area contributed by atoms with Crippen LogP contribution in [0, 0.1) is 5.92 Å². The van der Waals surface area contributed by atoms with Gasteiger partial charge in [0.05, 0.1) is 24.7 Å². The monoisotopic (exact) mass is 343 g/mol. The van der Waals surface area contributed by atoms with Crippen LogP contribution in [0.3, 0.4) is 0 Å². The Morgan fingerprint density at radius 1 is 1.12 bits per heavy atom. The molecular formula is C20H25NO4. The number of carbonyl (C=O) groups is 2. The third-order valence-corrected chi connectivity index (χ3v) is 4.93. The minimum Gasteiger partial charge on any atom is -0.465 e. The first-order valence-corrected chi connectivity index (χ1v) is 9.03. The van der Waals surface area contributed by atoms with Crippen molar-refractivity contribution >= 4 is 11.9 Å². The van der Waals surface area contributed by atoms with Gasteiger partial charge in [0.2, 0.25) is 0 Å². The van der Waals surface area contributed by atoms with E-state index < -0.39 is 0 Å². The lowest BCUT2D eigenvalue weighted by Gasteiger charge is -2.35. The largest absolute Gasteiger partial charge is 0.465 e. The van der Waals surface area contributed by atoms with Gasteiger partial charge >= 0.3 is 11.9 Å². The van der Waals surface area contributed by atoms with Crippen molar-refractivity contribution in [1.82, 2.24) is 4.90 Å². The molecule has 0 N–H and O–H groups in total. The zero-order valence-electron chi connectivity index (χ0n) is 14.6. The number of esters is 2. The highest BCUT2D eigenvalue weighted by Gasteiger charge is 2.42. The molecule has 25 heavy (non-hydrogen) atoms. The van der Waals surface area contributed by atoms with Crippen molar-refractivity contribution < 1.29 is 19.1 Å². The van der Waals surface area contributed by atoms with Crippen LogP contribution >= 0.6 is 0 Å². The standard InChI is InChI=1S/C20H25NO4/c1-2-24-20(23)17-11-9-16-10-12-18(17)21(16)13-6-14-25-19(22)15-7-4-3-5-8-15/h3-5,7-9,11,16-18H,2,6,10,12-14H2,1H3. The smallest absolute Gasteiger partial charge is 0.338 e. The summed E-state index contributed by atoms with van der Waals surface area (Å²) in [5.41, 5.74) is 0.575. The molecule has 2 heterocycles. The minimum absolute atomic E-state index is 0.135. The molecule has 2 aliphatic heterocycles. The summed E-state index contributed by atoms with van der Waals surface area (Å²) in [5, 5.41) is 0. The van der Waals surface area contributed by atoms with Crippen LogP contribution in [0.5, 0.6) is 0 Å². The summed E-state index contributed by atoms with van der Waals surface area (Å²) < 4.78 is 10.5. The summed E-state index contributed by atoms with van der Waals surface area (Å²) in [6.07, 6.45) is 6.97. The molecule has 3 unspecified atom stereocenters. The molecule has 1 fully saturated rings. The van der Waals surface area contributed by atoms with Gasteiger partial charge in [-0.15, -0.1) is 0 Å². The van der Waals surface area contributed by atoms with E-state index in [1.54, 1.807) is 12.1 Å². The second kappa shape index (κ2) is 8.30. The van der Waals surface area contributed by atoms with E-state index in [1.165, 1.54) is 0 Å². The van der Waals surface area contributed by atoms with Gasteiger partial charge < -0.3 is 9.47 Å². The van der Waals surface area contributed by atoms with Crippen LogP contribution in [0.25, 0.3) is 0 Å². The third kappa shape index (κ3) is 4.10. The highest BCUT2D eigenvalue weighted by atomic mass is 16.5. The summed E-state index contributed by atoms with van der Waals surface area (Å²) in [7, 11) is 0. The van der Waals surface area contributed by atoms with Crippen molar-refractivity contribution in [2.75, 3.05) is 19.8 Å². The molecule has 0 radical (unpaired) electrons. The zero-order valence-corrected chi connectivity index (χ0v) is 14.6. The van der Waals surface area contributed by atoms with Crippen molar-refractivity contribution in [2.45, 2.75) is 38.3 Å². The number of ether oxygens (including phenoxy) is 2. The first-order chi connectivity index (χ1) is 12.2. The number of carbonyl (C=O) groups excluding carboxylic acids is 2. The zero-order chi connectivity index (χ0) is 17.6. The molecule has 0 aromatic heterocycles. The molecule has 5 nitrogen and oxygen atoms in total. The molecule has 0 spiro atoms. The summed E-state index contributed by atoms with van der Waals surface area (Å²) >= 11 is 0. The highest BCUT2D eigenvalue weighted by Crippen LogP contribution is 2.35. The topological polar surface area (TPSA) is 55.8 Å². The number of rotatable bonds is 7. The van der Waals surface area contributed by atoms with Crippen LogP contribution in [-0.2, 0) is 14.3 Å². The van der Waals surface area contributed by atoms with E-state index in [0.29, 0.717) is 24.8 Å². The van der Waals surface area contributed by atoms with Crippen molar-refractivity contribution in [3.63, 3.8) is 0 Å². The average molecular weight is 343 g/mol. The fourth-order valence-corrected chi connectivity index (χ4v) is 3.76. The van der Waals surface area contributed by atoms with Crippen LogP contribution in [-0.4, -0.2) is 48.7 Å². The SMILES string of the molecule is CCOC(=O)C1C=CC2CCC1N2CCCOC(=O)c1ccccc1. The summed E-state index contributed by atoms with van der Waals surface area (Å²) in [6, 6.07) is 9.62. The molecular weight excluding hydrogens is 318 g/mol. The summed E-state index contributed by atoms with van der Waals surface area (Å²) in [4.78, 5) is 26.4. The van der Waals surface area contributed by atoms with E-state index >= 15 is 0 Å². The lowest BCUT2D eigenvalue weighted by molar-refractivity contribution is -0.148. The maximum absolute atomic E-state index is 12.1. The number of nitrogens with zero attached hydrogens (tertiary/aromatic N) is 1. The van der Waals surface area contributed by atoms with Gasteiger partial charge in [0.15, 0.2) is 0 Å². The predicted molar refractivity (Wildman–Crippen MR) is 94.1 cm³/mol. The first kappa shape index (κ1) is 17.7. The number of fused-ring (bicyclic) bond motifs is 2. The van der Waals surface area contributed by atoms with Gasteiger partial charge in [-0.1, -0.05) is 30.4 Å². The van der Waals surface area contributed by atoms with Gasteiger partial charge in [0, 0.05) is 18.6 Å².